The van der Waals surface area contributed by atoms with Gasteiger partial charge in [-0.05, 0) is 31.5 Å². The van der Waals surface area contributed by atoms with E-state index in [-0.39, 0.29) is 11.7 Å². The topological polar surface area (TPSA) is 30.5 Å². The number of benzene rings is 1. The number of ether oxygens (including phenoxy) is 2. The van der Waals surface area contributed by atoms with Gasteiger partial charge in [0.05, 0.1) is 12.7 Å². The highest BCUT2D eigenvalue weighted by Crippen LogP contribution is 2.42. The molecule has 0 aliphatic carbocycles. The zero-order valence-corrected chi connectivity index (χ0v) is 11.5. The van der Waals surface area contributed by atoms with Crippen molar-refractivity contribution in [3.8, 4) is 5.75 Å². The molecule has 0 amide bonds. The van der Waals surface area contributed by atoms with Crippen LogP contribution in [0.2, 0.25) is 5.02 Å². The summed E-state index contributed by atoms with van der Waals surface area (Å²) in [6, 6.07) is 3.98. The van der Waals surface area contributed by atoms with E-state index in [1.807, 2.05) is 12.1 Å². The summed E-state index contributed by atoms with van der Waals surface area (Å²) in [5.74, 6) is 0.970. The lowest BCUT2D eigenvalue weighted by atomic mass is 9.98. The summed E-state index contributed by atoms with van der Waals surface area (Å²) in [4.78, 5) is 0. The lowest BCUT2D eigenvalue weighted by molar-refractivity contribution is 0.0243. The van der Waals surface area contributed by atoms with Crippen molar-refractivity contribution in [3.05, 3.63) is 28.3 Å². The number of nitrogens with one attached hydrogen (secondary N) is 1. The fraction of sp³-hybridized carbons (Fsp3) is 0.571. The molecule has 1 fully saturated rings. The number of hydrogen-bond donors (Lipinski definition) is 1. The Hall–Kier alpha value is -0.770. The maximum Gasteiger partial charge on any atom is 0.129 e. The van der Waals surface area contributed by atoms with Crippen molar-refractivity contribution in [2.24, 2.45) is 0 Å². The molecule has 1 aromatic carbocycles. The molecule has 0 spiro atoms. The van der Waals surface area contributed by atoms with Crippen molar-refractivity contribution in [2.75, 3.05) is 19.7 Å². The van der Waals surface area contributed by atoms with Crippen molar-refractivity contribution < 1.29 is 9.47 Å². The highest BCUT2D eigenvalue weighted by Gasteiger charge is 2.34. The molecule has 2 aliphatic rings. The van der Waals surface area contributed by atoms with Crippen LogP contribution in [0.1, 0.15) is 31.1 Å². The number of rotatable bonds is 1. The predicted octanol–water partition coefficient (Wildman–Crippen LogP) is 2.71. The minimum atomic E-state index is -0.149. The van der Waals surface area contributed by atoms with E-state index in [0.717, 1.165) is 42.5 Å². The Labute approximate surface area is 112 Å². The van der Waals surface area contributed by atoms with Gasteiger partial charge in [-0.3, -0.25) is 0 Å². The van der Waals surface area contributed by atoms with Crippen LogP contribution in [0.3, 0.4) is 0 Å². The summed E-state index contributed by atoms with van der Waals surface area (Å²) < 4.78 is 11.9. The van der Waals surface area contributed by atoms with E-state index in [4.69, 9.17) is 21.1 Å². The highest BCUT2D eigenvalue weighted by molar-refractivity contribution is 6.30. The summed E-state index contributed by atoms with van der Waals surface area (Å²) in [5.41, 5.74) is 2.12. The van der Waals surface area contributed by atoms with Gasteiger partial charge in [0.2, 0.25) is 0 Å². The molecule has 1 saturated heterocycles. The Kier molecular flexibility index (Phi) is 3.00. The maximum atomic E-state index is 6.21. The normalized spacial score (nSPS) is 25.6. The Morgan fingerprint density at radius 3 is 2.94 bits per heavy atom. The lowest BCUT2D eigenvalue weighted by Crippen LogP contribution is -2.33. The molecule has 0 saturated carbocycles. The van der Waals surface area contributed by atoms with Gasteiger partial charge >= 0.3 is 0 Å². The molecule has 0 bridgehead atoms. The van der Waals surface area contributed by atoms with Crippen molar-refractivity contribution >= 4 is 11.6 Å². The number of fused-ring (bicyclic) bond motifs is 1. The van der Waals surface area contributed by atoms with Crippen molar-refractivity contribution in [1.82, 2.24) is 5.32 Å². The second-order valence-corrected chi connectivity index (χ2v) is 6.02. The van der Waals surface area contributed by atoms with Gasteiger partial charge in [-0.1, -0.05) is 11.6 Å². The molecule has 18 heavy (non-hydrogen) atoms. The van der Waals surface area contributed by atoms with E-state index in [2.05, 4.69) is 19.2 Å². The van der Waals surface area contributed by atoms with Crippen LogP contribution in [-0.4, -0.2) is 25.3 Å². The quantitative estimate of drug-likeness (QED) is 0.849. The molecule has 3 rings (SSSR count). The number of morpholine rings is 1. The van der Waals surface area contributed by atoms with Gasteiger partial charge in [0.1, 0.15) is 11.4 Å². The first-order valence-electron chi connectivity index (χ1n) is 6.39. The number of hydrogen-bond acceptors (Lipinski definition) is 3. The third kappa shape index (κ3) is 2.22. The molecule has 2 heterocycles. The van der Waals surface area contributed by atoms with Crippen LogP contribution < -0.4 is 10.1 Å². The smallest absolute Gasteiger partial charge is 0.129 e. The van der Waals surface area contributed by atoms with Gasteiger partial charge in [-0.15, -0.1) is 0 Å². The van der Waals surface area contributed by atoms with Crippen LogP contribution in [0.4, 0.5) is 0 Å². The first-order chi connectivity index (χ1) is 8.55. The summed E-state index contributed by atoms with van der Waals surface area (Å²) in [7, 11) is 0. The average Bonchev–Trinajstić information content (AvgIpc) is 2.63. The largest absolute Gasteiger partial charge is 0.487 e. The minimum absolute atomic E-state index is 0.0418. The SMILES string of the molecule is CC1(C)Cc2cc(Cl)cc(C3CNCCO3)c2O1. The van der Waals surface area contributed by atoms with Gasteiger partial charge in [0.25, 0.3) is 0 Å². The second-order valence-electron chi connectivity index (χ2n) is 5.59. The van der Waals surface area contributed by atoms with E-state index in [9.17, 15) is 0 Å². The molecule has 1 unspecified atom stereocenters. The van der Waals surface area contributed by atoms with Crippen LogP contribution in [0, 0.1) is 0 Å². The van der Waals surface area contributed by atoms with Crippen molar-refractivity contribution in [2.45, 2.75) is 32.0 Å². The summed E-state index contributed by atoms with van der Waals surface area (Å²) in [6.45, 7) is 6.66. The van der Waals surface area contributed by atoms with E-state index in [1.54, 1.807) is 0 Å². The Morgan fingerprint density at radius 2 is 2.22 bits per heavy atom. The molecule has 0 aromatic heterocycles. The van der Waals surface area contributed by atoms with Crippen molar-refractivity contribution in [1.29, 1.82) is 0 Å². The molecule has 3 nitrogen and oxygen atoms in total. The van der Waals surface area contributed by atoms with Crippen molar-refractivity contribution in [3.63, 3.8) is 0 Å². The molecule has 4 heteroatoms. The fourth-order valence-corrected chi connectivity index (χ4v) is 2.95. The molecule has 2 aliphatic heterocycles. The zero-order valence-electron chi connectivity index (χ0n) is 10.8. The monoisotopic (exact) mass is 267 g/mol. The standard InChI is InChI=1S/C14H18ClNO2/c1-14(2)7-9-5-10(15)6-11(13(9)18-14)12-8-16-3-4-17-12/h5-6,12,16H,3-4,7-8H2,1-2H3. The molecule has 1 aromatic rings. The molecule has 98 valence electrons. The molecular formula is C14H18ClNO2. The zero-order chi connectivity index (χ0) is 12.8. The second kappa shape index (κ2) is 4.41. The van der Waals surface area contributed by atoms with Gasteiger partial charge in [0, 0.05) is 30.1 Å². The van der Waals surface area contributed by atoms with Gasteiger partial charge in [-0.25, -0.2) is 0 Å². The van der Waals surface area contributed by atoms with Crippen LogP contribution in [-0.2, 0) is 11.2 Å². The average molecular weight is 268 g/mol. The van der Waals surface area contributed by atoms with Crippen LogP contribution in [0.25, 0.3) is 0 Å². The van der Waals surface area contributed by atoms with E-state index in [1.165, 1.54) is 5.56 Å². The van der Waals surface area contributed by atoms with Gasteiger partial charge in [-0.2, -0.15) is 0 Å². The Bertz CT molecular complexity index is 467. The third-order valence-corrected chi connectivity index (χ3v) is 3.65. The van der Waals surface area contributed by atoms with Crippen LogP contribution >= 0.6 is 11.6 Å². The third-order valence-electron chi connectivity index (χ3n) is 3.43. The molecule has 1 N–H and O–H groups in total. The predicted molar refractivity (Wildman–Crippen MR) is 71.4 cm³/mol. The summed E-state index contributed by atoms with van der Waals surface area (Å²) >= 11 is 6.21. The minimum Gasteiger partial charge on any atom is -0.487 e. The maximum absolute atomic E-state index is 6.21. The molecule has 1 atom stereocenters. The lowest BCUT2D eigenvalue weighted by Gasteiger charge is -2.26. The molecule has 0 radical (unpaired) electrons. The first-order valence-corrected chi connectivity index (χ1v) is 6.77. The van der Waals surface area contributed by atoms with E-state index < -0.39 is 0 Å². The van der Waals surface area contributed by atoms with E-state index in [0.29, 0.717) is 0 Å². The molecular weight excluding hydrogens is 250 g/mol. The van der Waals surface area contributed by atoms with Gasteiger partial charge < -0.3 is 14.8 Å². The Morgan fingerprint density at radius 1 is 1.39 bits per heavy atom. The highest BCUT2D eigenvalue weighted by atomic mass is 35.5. The number of halogens is 1. The first kappa shape index (κ1) is 12.3. The van der Waals surface area contributed by atoms with E-state index >= 15 is 0 Å². The van der Waals surface area contributed by atoms with Gasteiger partial charge in [0.15, 0.2) is 0 Å². The summed E-state index contributed by atoms with van der Waals surface area (Å²) in [6.07, 6.45) is 0.941. The van der Waals surface area contributed by atoms with Crippen LogP contribution in [0.5, 0.6) is 5.75 Å². The summed E-state index contributed by atoms with van der Waals surface area (Å²) in [5, 5.41) is 4.10. The van der Waals surface area contributed by atoms with Crippen LogP contribution in [0.15, 0.2) is 12.1 Å². The Balaban J connectivity index is 2.00. The fourth-order valence-electron chi connectivity index (χ4n) is 2.70.